The third-order valence-corrected chi connectivity index (χ3v) is 9.33. The monoisotopic (exact) mass is 597 g/mol. The van der Waals surface area contributed by atoms with Crippen molar-refractivity contribution in [2.24, 2.45) is 0 Å². The molecule has 2 amide bonds. The summed E-state index contributed by atoms with van der Waals surface area (Å²) in [5.41, 5.74) is 1.07. The summed E-state index contributed by atoms with van der Waals surface area (Å²) < 4.78 is 34.1. The van der Waals surface area contributed by atoms with Crippen molar-refractivity contribution >= 4 is 39.1 Å². The lowest BCUT2D eigenvalue weighted by Gasteiger charge is -2.33. The number of carbonyl (C=O) groups is 2. The van der Waals surface area contributed by atoms with E-state index in [0.29, 0.717) is 17.2 Å². The van der Waals surface area contributed by atoms with E-state index in [1.165, 1.54) is 30.2 Å². The Labute approximate surface area is 247 Å². The normalized spacial score (nSPS) is 14.3. The Kier molecular flexibility index (Phi) is 10.3. The molecule has 1 atom stereocenters. The number of benzene rings is 3. The minimum absolute atomic E-state index is 0.00768. The summed E-state index contributed by atoms with van der Waals surface area (Å²) in [7, 11) is -2.70. The largest absolute Gasteiger partial charge is 0.497 e. The van der Waals surface area contributed by atoms with Gasteiger partial charge in [0, 0.05) is 17.6 Å². The fourth-order valence-corrected chi connectivity index (χ4v) is 6.69. The first-order valence-electron chi connectivity index (χ1n) is 13.8. The highest BCUT2D eigenvalue weighted by atomic mass is 35.5. The maximum atomic E-state index is 14.1. The molecule has 0 heterocycles. The van der Waals surface area contributed by atoms with Gasteiger partial charge in [-0.05, 0) is 67.3 Å². The van der Waals surface area contributed by atoms with Gasteiger partial charge < -0.3 is 15.0 Å². The van der Waals surface area contributed by atoms with Crippen molar-refractivity contribution in [3.63, 3.8) is 0 Å². The van der Waals surface area contributed by atoms with E-state index >= 15 is 0 Å². The Hall–Kier alpha value is -3.56. The summed E-state index contributed by atoms with van der Waals surface area (Å²) in [5, 5.41) is 3.44. The van der Waals surface area contributed by atoms with Gasteiger partial charge in [-0.1, -0.05) is 67.8 Å². The van der Waals surface area contributed by atoms with Crippen LogP contribution in [0.3, 0.4) is 0 Å². The molecule has 1 aliphatic rings. The molecule has 0 saturated heterocycles. The standard InChI is InChI=1S/C31H36ClN3O5S/c1-3-29(31(37)33-25-13-7-8-14-25)34(21-23-10-5-4-6-11-23)30(36)22-35(26-15-9-12-24(32)20-26)41(38,39)28-18-16-27(40-2)17-19-28/h4-6,9-12,15-20,25,29H,3,7-8,13-14,21-22H2,1-2H3,(H,33,37)/t29-/m1/s1. The summed E-state index contributed by atoms with van der Waals surface area (Å²) in [5.74, 6) is -0.224. The Morgan fingerprint density at radius 3 is 2.29 bits per heavy atom. The van der Waals surface area contributed by atoms with Crippen molar-refractivity contribution < 1.29 is 22.7 Å². The molecule has 1 N–H and O–H groups in total. The van der Waals surface area contributed by atoms with Crippen LogP contribution in [0.4, 0.5) is 5.69 Å². The van der Waals surface area contributed by atoms with Gasteiger partial charge >= 0.3 is 0 Å². The summed E-state index contributed by atoms with van der Waals surface area (Å²) >= 11 is 6.24. The fraction of sp³-hybridized carbons (Fsp3) is 0.355. The molecule has 1 fully saturated rings. The zero-order valence-corrected chi connectivity index (χ0v) is 24.9. The highest BCUT2D eigenvalue weighted by molar-refractivity contribution is 7.92. The molecular formula is C31H36ClN3O5S. The second kappa shape index (κ2) is 13.9. The first-order chi connectivity index (χ1) is 19.7. The molecule has 1 saturated carbocycles. The van der Waals surface area contributed by atoms with Crippen LogP contribution in [0.25, 0.3) is 0 Å². The van der Waals surface area contributed by atoms with Crippen LogP contribution in [0.2, 0.25) is 5.02 Å². The molecule has 3 aromatic rings. The molecule has 3 aromatic carbocycles. The molecule has 0 radical (unpaired) electrons. The molecule has 10 heteroatoms. The minimum Gasteiger partial charge on any atom is -0.497 e. The van der Waals surface area contributed by atoms with Crippen LogP contribution in [0.15, 0.2) is 83.8 Å². The molecule has 0 aliphatic heterocycles. The van der Waals surface area contributed by atoms with Crippen LogP contribution in [-0.4, -0.2) is 50.9 Å². The number of sulfonamides is 1. The molecule has 4 rings (SSSR count). The van der Waals surface area contributed by atoms with Crippen LogP contribution in [0.5, 0.6) is 5.75 Å². The van der Waals surface area contributed by atoms with Crippen LogP contribution >= 0.6 is 11.6 Å². The summed E-state index contributed by atoms with van der Waals surface area (Å²) in [4.78, 5) is 29.1. The van der Waals surface area contributed by atoms with E-state index in [1.54, 1.807) is 30.3 Å². The van der Waals surface area contributed by atoms with Crippen LogP contribution in [0.1, 0.15) is 44.6 Å². The van der Waals surface area contributed by atoms with Gasteiger partial charge in [-0.3, -0.25) is 13.9 Å². The van der Waals surface area contributed by atoms with Gasteiger partial charge in [-0.15, -0.1) is 0 Å². The third-order valence-electron chi connectivity index (χ3n) is 7.31. The van der Waals surface area contributed by atoms with Crippen LogP contribution in [0, 0.1) is 0 Å². The van der Waals surface area contributed by atoms with E-state index in [4.69, 9.17) is 16.3 Å². The molecule has 1 aliphatic carbocycles. The van der Waals surface area contributed by atoms with Crippen LogP contribution in [-0.2, 0) is 26.2 Å². The van der Waals surface area contributed by atoms with E-state index < -0.39 is 28.5 Å². The predicted octanol–water partition coefficient (Wildman–Crippen LogP) is 5.41. The Morgan fingerprint density at radius 1 is 1.00 bits per heavy atom. The van der Waals surface area contributed by atoms with Gasteiger partial charge in [0.25, 0.3) is 10.0 Å². The van der Waals surface area contributed by atoms with Crippen molar-refractivity contribution in [2.45, 2.75) is 62.6 Å². The minimum atomic E-state index is -4.20. The zero-order valence-electron chi connectivity index (χ0n) is 23.3. The molecule has 41 heavy (non-hydrogen) atoms. The zero-order chi connectivity index (χ0) is 29.4. The number of halogens is 1. The van der Waals surface area contributed by atoms with Crippen molar-refractivity contribution in [1.29, 1.82) is 0 Å². The fourth-order valence-electron chi connectivity index (χ4n) is 5.10. The van der Waals surface area contributed by atoms with Gasteiger partial charge in [0.15, 0.2) is 0 Å². The molecule has 0 spiro atoms. The SMILES string of the molecule is CC[C@H](C(=O)NC1CCCC1)N(Cc1ccccc1)C(=O)CN(c1cccc(Cl)c1)S(=O)(=O)c1ccc(OC)cc1. The van der Waals surface area contributed by atoms with E-state index in [-0.39, 0.29) is 29.1 Å². The Morgan fingerprint density at radius 2 is 1.68 bits per heavy atom. The predicted molar refractivity (Wildman–Crippen MR) is 160 cm³/mol. The highest BCUT2D eigenvalue weighted by Crippen LogP contribution is 2.28. The Bertz CT molecular complexity index is 1430. The van der Waals surface area contributed by atoms with Crippen LogP contribution < -0.4 is 14.4 Å². The van der Waals surface area contributed by atoms with Crippen molar-refractivity contribution in [2.75, 3.05) is 18.0 Å². The average Bonchev–Trinajstić information content (AvgIpc) is 3.49. The number of rotatable bonds is 12. The number of hydrogen-bond donors (Lipinski definition) is 1. The van der Waals surface area contributed by atoms with Gasteiger partial charge in [0.1, 0.15) is 18.3 Å². The topological polar surface area (TPSA) is 96.0 Å². The average molecular weight is 598 g/mol. The lowest BCUT2D eigenvalue weighted by molar-refractivity contribution is -0.140. The molecule has 0 bridgehead atoms. The summed E-state index contributed by atoms with van der Waals surface area (Å²) in [6.07, 6.45) is 4.33. The number of hydrogen-bond acceptors (Lipinski definition) is 5. The second-order valence-electron chi connectivity index (χ2n) is 10.1. The van der Waals surface area contributed by atoms with E-state index in [1.807, 2.05) is 37.3 Å². The third kappa shape index (κ3) is 7.59. The molecular weight excluding hydrogens is 562 g/mol. The number of nitrogens with zero attached hydrogens (tertiary/aromatic N) is 2. The maximum absolute atomic E-state index is 14.1. The van der Waals surface area contributed by atoms with E-state index in [9.17, 15) is 18.0 Å². The molecule has 8 nitrogen and oxygen atoms in total. The first-order valence-corrected chi connectivity index (χ1v) is 15.6. The number of ether oxygens (including phenoxy) is 1. The summed E-state index contributed by atoms with van der Waals surface area (Å²) in [6, 6.07) is 21.0. The Balaban J connectivity index is 1.70. The molecule has 218 valence electrons. The highest BCUT2D eigenvalue weighted by Gasteiger charge is 2.34. The smallest absolute Gasteiger partial charge is 0.264 e. The van der Waals surface area contributed by atoms with Crippen molar-refractivity contribution in [1.82, 2.24) is 10.2 Å². The number of nitrogens with one attached hydrogen (secondary N) is 1. The lowest BCUT2D eigenvalue weighted by Crippen LogP contribution is -2.53. The number of amides is 2. The number of methoxy groups -OCH3 is 1. The number of carbonyl (C=O) groups excluding carboxylic acids is 2. The van der Waals surface area contributed by atoms with E-state index in [0.717, 1.165) is 35.6 Å². The summed E-state index contributed by atoms with van der Waals surface area (Å²) in [6.45, 7) is 1.49. The quantitative estimate of drug-likeness (QED) is 0.301. The molecule has 0 unspecified atom stereocenters. The van der Waals surface area contributed by atoms with Gasteiger partial charge in [-0.2, -0.15) is 0 Å². The van der Waals surface area contributed by atoms with Gasteiger partial charge in [0.2, 0.25) is 11.8 Å². The maximum Gasteiger partial charge on any atom is 0.264 e. The number of anilines is 1. The van der Waals surface area contributed by atoms with Crippen molar-refractivity contribution in [3.8, 4) is 5.75 Å². The first kappa shape index (κ1) is 30.4. The second-order valence-corrected chi connectivity index (χ2v) is 12.4. The van der Waals surface area contributed by atoms with Gasteiger partial charge in [-0.25, -0.2) is 8.42 Å². The molecule has 0 aromatic heterocycles. The van der Waals surface area contributed by atoms with E-state index in [2.05, 4.69) is 5.32 Å². The van der Waals surface area contributed by atoms with Crippen molar-refractivity contribution in [3.05, 3.63) is 89.4 Å². The van der Waals surface area contributed by atoms with Gasteiger partial charge in [0.05, 0.1) is 17.7 Å². The lowest BCUT2D eigenvalue weighted by atomic mass is 10.1.